The van der Waals surface area contributed by atoms with E-state index in [4.69, 9.17) is 11.6 Å². The Labute approximate surface area is 131 Å². The lowest BCUT2D eigenvalue weighted by molar-refractivity contribution is -0.125. The fourth-order valence-corrected chi connectivity index (χ4v) is 3.79. The van der Waals surface area contributed by atoms with Gasteiger partial charge in [-0.15, -0.1) is 0 Å². The molecule has 0 aliphatic heterocycles. The maximum absolute atomic E-state index is 12.3. The number of amides is 1. The maximum Gasteiger partial charge on any atom is 0.265 e. The van der Waals surface area contributed by atoms with Crippen LogP contribution in [-0.4, -0.2) is 39.4 Å². The van der Waals surface area contributed by atoms with Crippen molar-refractivity contribution in [3.63, 3.8) is 0 Å². The molecule has 0 unspecified atom stereocenters. The molecule has 0 saturated carbocycles. The summed E-state index contributed by atoms with van der Waals surface area (Å²) in [5, 5.41) is 0.128. The molecule has 7 heteroatoms. The van der Waals surface area contributed by atoms with Crippen molar-refractivity contribution < 1.29 is 13.2 Å². The zero-order chi connectivity index (χ0) is 16.4. The molecular formula is C14H21ClN2O3S. The lowest BCUT2D eigenvalue weighted by Crippen LogP contribution is -2.48. The predicted molar refractivity (Wildman–Crippen MR) is 83.8 cm³/mol. The van der Waals surface area contributed by atoms with Gasteiger partial charge in [-0.05, 0) is 38.6 Å². The SMILES string of the molecule is Cc1cccc(S(=O)(=O)NC(=O)[C@H](C(C)C)N(C)C)c1Cl. The van der Waals surface area contributed by atoms with Crippen LogP contribution in [0.2, 0.25) is 5.02 Å². The molecule has 0 aliphatic carbocycles. The van der Waals surface area contributed by atoms with Crippen LogP contribution in [0.4, 0.5) is 0 Å². The van der Waals surface area contributed by atoms with Crippen molar-refractivity contribution >= 4 is 27.5 Å². The molecule has 0 radical (unpaired) electrons. The fourth-order valence-electron chi connectivity index (χ4n) is 2.21. The highest BCUT2D eigenvalue weighted by Gasteiger charge is 2.29. The fraction of sp³-hybridized carbons (Fsp3) is 0.500. The first-order valence-corrected chi connectivity index (χ1v) is 8.42. The van der Waals surface area contributed by atoms with Crippen LogP contribution < -0.4 is 4.72 Å². The van der Waals surface area contributed by atoms with Crippen LogP contribution in [0.5, 0.6) is 0 Å². The Bertz CT molecular complexity index is 619. The molecule has 21 heavy (non-hydrogen) atoms. The molecule has 1 amide bonds. The Kier molecular flexibility index (Phi) is 5.78. The average molecular weight is 333 g/mol. The first-order valence-electron chi connectivity index (χ1n) is 6.56. The highest BCUT2D eigenvalue weighted by atomic mass is 35.5. The molecule has 118 valence electrons. The second-order valence-corrected chi connectivity index (χ2v) is 7.54. The Morgan fingerprint density at radius 1 is 1.29 bits per heavy atom. The zero-order valence-electron chi connectivity index (χ0n) is 12.8. The minimum absolute atomic E-state index is 0.0248. The number of carbonyl (C=O) groups excluding carboxylic acids is 1. The van der Waals surface area contributed by atoms with E-state index in [1.54, 1.807) is 38.1 Å². The smallest absolute Gasteiger partial charge is 0.265 e. The van der Waals surface area contributed by atoms with Crippen molar-refractivity contribution in [1.82, 2.24) is 9.62 Å². The summed E-state index contributed by atoms with van der Waals surface area (Å²) < 4.78 is 26.8. The molecule has 0 aliphatic rings. The lowest BCUT2D eigenvalue weighted by atomic mass is 10.0. The number of likely N-dealkylation sites (N-methyl/N-ethyl adjacent to an activating group) is 1. The Hall–Kier alpha value is -1.11. The highest BCUT2D eigenvalue weighted by Crippen LogP contribution is 2.24. The van der Waals surface area contributed by atoms with Crippen LogP contribution in [0, 0.1) is 12.8 Å². The van der Waals surface area contributed by atoms with E-state index in [0.717, 1.165) is 0 Å². The van der Waals surface area contributed by atoms with E-state index in [1.807, 2.05) is 13.8 Å². The average Bonchev–Trinajstić information content (AvgIpc) is 2.30. The molecule has 0 spiro atoms. The quantitative estimate of drug-likeness (QED) is 0.896. The van der Waals surface area contributed by atoms with Crippen molar-refractivity contribution in [3.05, 3.63) is 28.8 Å². The summed E-state index contributed by atoms with van der Waals surface area (Å²) in [5.74, 6) is -0.587. The van der Waals surface area contributed by atoms with Gasteiger partial charge in [0.1, 0.15) is 4.90 Å². The second kappa shape index (κ2) is 6.77. The van der Waals surface area contributed by atoms with Crippen molar-refractivity contribution in [1.29, 1.82) is 0 Å². The summed E-state index contributed by atoms with van der Waals surface area (Å²) in [6.07, 6.45) is 0. The first-order chi connectivity index (χ1) is 9.58. The number of benzene rings is 1. The molecule has 1 N–H and O–H groups in total. The Morgan fingerprint density at radius 3 is 2.33 bits per heavy atom. The van der Waals surface area contributed by atoms with E-state index in [0.29, 0.717) is 5.56 Å². The van der Waals surface area contributed by atoms with Crippen molar-refractivity contribution in [2.24, 2.45) is 5.92 Å². The highest BCUT2D eigenvalue weighted by molar-refractivity contribution is 7.90. The van der Waals surface area contributed by atoms with Gasteiger partial charge in [0.15, 0.2) is 0 Å². The van der Waals surface area contributed by atoms with Crippen LogP contribution in [0.1, 0.15) is 19.4 Å². The van der Waals surface area contributed by atoms with Crippen LogP contribution >= 0.6 is 11.6 Å². The number of hydrogen-bond acceptors (Lipinski definition) is 4. The standard InChI is InChI=1S/C14H21ClN2O3S/c1-9(2)13(17(4)5)14(18)16-21(19,20)11-8-6-7-10(3)12(11)15/h6-9,13H,1-5H3,(H,16,18)/t13-/m0/s1. The number of sulfonamides is 1. The number of nitrogens with one attached hydrogen (secondary N) is 1. The predicted octanol–water partition coefficient (Wildman–Crippen LogP) is 2.04. The van der Waals surface area contributed by atoms with E-state index in [2.05, 4.69) is 4.72 Å². The van der Waals surface area contributed by atoms with Gasteiger partial charge < -0.3 is 0 Å². The van der Waals surface area contributed by atoms with E-state index in [9.17, 15) is 13.2 Å². The summed E-state index contributed by atoms with van der Waals surface area (Å²) >= 11 is 6.02. The minimum atomic E-state index is -3.98. The molecule has 1 aromatic rings. The zero-order valence-corrected chi connectivity index (χ0v) is 14.4. The molecule has 1 rings (SSSR count). The third-order valence-electron chi connectivity index (χ3n) is 3.14. The van der Waals surface area contributed by atoms with E-state index >= 15 is 0 Å². The van der Waals surface area contributed by atoms with Crippen LogP contribution in [0.15, 0.2) is 23.1 Å². The van der Waals surface area contributed by atoms with E-state index in [-0.39, 0.29) is 15.8 Å². The van der Waals surface area contributed by atoms with Gasteiger partial charge >= 0.3 is 0 Å². The Morgan fingerprint density at radius 2 is 1.86 bits per heavy atom. The van der Waals surface area contributed by atoms with Gasteiger partial charge in [0.05, 0.1) is 11.1 Å². The van der Waals surface area contributed by atoms with Gasteiger partial charge in [0, 0.05) is 0 Å². The molecule has 0 heterocycles. The van der Waals surface area contributed by atoms with E-state index < -0.39 is 22.0 Å². The van der Waals surface area contributed by atoms with Crippen molar-refractivity contribution in [2.45, 2.75) is 31.7 Å². The molecule has 0 bridgehead atoms. The summed E-state index contributed by atoms with van der Waals surface area (Å²) in [5.41, 5.74) is 0.639. The summed E-state index contributed by atoms with van der Waals surface area (Å²) in [4.78, 5) is 13.8. The van der Waals surface area contributed by atoms with Gasteiger partial charge in [0.25, 0.3) is 15.9 Å². The van der Waals surface area contributed by atoms with Crippen LogP contribution in [0.3, 0.4) is 0 Å². The molecule has 1 atom stereocenters. The second-order valence-electron chi connectivity index (χ2n) is 5.51. The topological polar surface area (TPSA) is 66.5 Å². The van der Waals surface area contributed by atoms with Gasteiger partial charge in [-0.1, -0.05) is 37.6 Å². The first kappa shape index (κ1) is 17.9. The van der Waals surface area contributed by atoms with Gasteiger partial charge in [-0.3, -0.25) is 9.69 Å². The molecular weight excluding hydrogens is 312 g/mol. The monoisotopic (exact) mass is 332 g/mol. The van der Waals surface area contributed by atoms with Gasteiger partial charge in [0.2, 0.25) is 0 Å². The summed E-state index contributed by atoms with van der Waals surface area (Å²) in [6, 6.07) is 4.14. The van der Waals surface area contributed by atoms with Crippen LogP contribution in [-0.2, 0) is 14.8 Å². The lowest BCUT2D eigenvalue weighted by Gasteiger charge is -2.26. The number of rotatable bonds is 5. The molecule has 1 aromatic carbocycles. The molecule has 0 saturated heterocycles. The number of carbonyl (C=O) groups is 1. The van der Waals surface area contributed by atoms with Crippen molar-refractivity contribution in [3.8, 4) is 0 Å². The summed E-state index contributed by atoms with van der Waals surface area (Å²) in [6.45, 7) is 5.42. The largest absolute Gasteiger partial charge is 0.298 e. The summed E-state index contributed by atoms with van der Waals surface area (Å²) in [7, 11) is -0.518. The normalized spacial score (nSPS) is 13.5. The third kappa shape index (κ3) is 4.18. The number of halogens is 1. The number of aryl methyl sites for hydroxylation is 1. The van der Waals surface area contributed by atoms with Crippen molar-refractivity contribution in [2.75, 3.05) is 14.1 Å². The van der Waals surface area contributed by atoms with Gasteiger partial charge in [-0.25, -0.2) is 13.1 Å². The number of nitrogens with zero attached hydrogens (tertiary/aromatic N) is 1. The van der Waals surface area contributed by atoms with Gasteiger partial charge in [-0.2, -0.15) is 0 Å². The third-order valence-corrected chi connectivity index (χ3v) is 5.14. The molecule has 5 nitrogen and oxygen atoms in total. The molecule has 0 aromatic heterocycles. The van der Waals surface area contributed by atoms with E-state index in [1.165, 1.54) is 6.07 Å². The van der Waals surface area contributed by atoms with Crippen LogP contribution in [0.25, 0.3) is 0 Å². The minimum Gasteiger partial charge on any atom is -0.298 e. The molecule has 0 fully saturated rings. The Balaban J connectivity index is 3.11. The maximum atomic E-state index is 12.3. The number of hydrogen-bond donors (Lipinski definition) is 1.